The molecule has 31 heavy (non-hydrogen) atoms. The van der Waals surface area contributed by atoms with Crippen molar-refractivity contribution in [2.24, 2.45) is 5.73 Å². The maximum Gasteiger partial charge on any atom is 0.252 e. The fraction of sp³-hybridized carbons (Fsp3) is 0.125. The van der Waals surface area contributed by atoms with Gasteiger partial charge in [0.1, 0.15) is 24.0 Å². The van der Waals surface area contributed by atoms with Crippen molar-refractivity contribution >= 4 is 17.5 Å². The molecule has 2 aromatic heterocycles. The highest BCUT2D eigenvalue weighted by Crippen LogP contribution is 2.18. The summed E-state index contributed by atoms with van der Waals surface area (Å²) in [5.74, 6) is -0.522. The van der Waals surface area contributed by atoms with E-state index in [1.807, 2.05) is 41.9 Å². The fourth-order valence-corrected chi connectivity index (χ4v) is 3.29. The number of nitrogens with one attached hydrogen (secondary N) is 1. The maximum atomic E-state index is 12.7. The molecule has 0 saturated heterocycles. The first-order chi connectivity index (χ1) is 15.0. The molecule has 2 heterocycles. The van der Waals surface area contributed by atoms with Gasteiger partial charge in [-0.3, -0.25) is 9.59 Å². The van der Waals surface area contributed by atoms with Gasteiger partial charge in [-0.2, -0.15) is 0 Å². The molecule has 3 N–H and O–H groups in total. The molecule has 0 fully saturated rings. The monoisotopic (exact) mass is 414 g/mol. The van der Waals surface area contributed by atoms with Gasteiger partial charge in [-0.1, -0.05) is 42.5 Å². The Bertz CT molecular complexity index is 1230. The van der Waals surface area contributed by atoms with E-state index in [1.54, 1.807) is 48.5 Å². The van der Waals surface area contributed by atoms with Crippen molar-refractivity contribution in [3.63, 3.8) is 0 Å². The van der Waals surface area contributed by atoms with Gasteiger partial charge < -0.3 is 20.2 Å². The normalized spacial score (nSPS) is 11.8. The van der Waals surface area contributed by atoms with Crippen molar-refractivity contribution in [3.05, 3.63) is 102 Å². The molecule has 0 spiro atoms. The molecule has 0 radical (unpaired) electrons. The zero-order valence-electron chi connectivity index (χ0n) is 17.0. The van der Waals surface area contributed by atoms with E-state index >= 15 is 0 Å². The maximum absolute atomic E-state index is 12.7. The van der Waals surface area contributed by atoms with Crippen LogP contribution in [0.5, 0.6) is 5.75 Å². The molecular weight excluding hydrogens is 392 g/mol. The number of pyridine rings is 1. The first kappa shape index (κ1) is 20.2. The summed E-state index contributed by atoms with van der Waals surface area (Å²) >= 11 is 0. The Morgan fingerprint density at radius 1 is 1.06 bits per heavy atom. The largest absolute Gasteiger partial charge is 0.487 e. The van der Waals surface area contributed by atoms with Crippen molar-refractivity contribution in [1.82, 2.24) is 14.7 Å². The number of nitrogens with zero attached hydrogens (tertiary/aromatic N) is 2. The summed E-state index contributed by atoms with van der Waals surface area (Å²) in [5.41, 5.74) is 9.24. The lowest BCUT2D eigenvalue weighted by molar-refractivity contribution is -0.120. The number of carbonyl (C=O) groups excluding carboxylic acids is 2. The predicted molar refractivity (Wildman–Crippen MR) is 117 cm³/mol. The van der Waals surface area contributed by atoms with Crippen molar-refractivity contribution < 1.29 is 14.3 Å². The van der Waals surface area contributed by atoms with E-state index in [2.05, 4.69) is 10.3 Å². The highest BCUT2D eigenvalue weighted by molar-refractivity contribution is 5.97. The van der Waals surface area contributed by atoms with Crippen LogP contribution >= 0.6 is 0 Å². The number of aromatic nitrogens is 2. The van der Waals surface area contributed by atoms with E-state index in [-0.39, 0.29) is 6.61 Å². The molecule has 0 saturated carbocycles. The van der Waals surface area contributed by atoms with Gasteiger partial charge in [0.05, 0.1) is 5.69 Å². The van der Waals surface area contributed by atoms with Gasteiger partial charge in [0.2, 0.25) is 5.91 Å². The van der Waals surface area contributed by atoms with Gasteiger partial charge in [0, 0.05) is 18.0 Å². The lowest BCUT2D eigenvalue weighted by Gasteiger charge is -2.16. The molecule has 7 nitrogen and oxygen atoms in total. The Kier molecular flexibility index (Phi) is 5.66. The summed E-state index contributed by atoms with van der Waals surface area (Å²) in [6, 6.07) is 18.7. The molecule has 2 amide bonds. The number of benzene rings is 2. The van der Waals surface area contributed by atoms with E-state index in [0.29, 0.717) is 16.9 Å². The predicted octanol–water partition coefficient (Wildman–Crippen LogP) is 3.18. The standard InChI is InChI=1S/C24H22N4O3/c1-16-10-11-21-26-19(14-28(21)13-16)15-31-20-9-5-8-18(12-20)24(30)27-22(23(25)29)17-6-3-2-4-7-17/h2-14,22H,15H2,1H3,(H2,25,29)(H,27,30). The second-order valence-electron chi connectivity index (χ2n) is 7.24. The summed E-state index contributed by atoms with van der Waals surface area (Å²) in [5, 5.41) is 2.69. The minimum absolute atomic E-state index is 0.264. The van der Waals surface area contributed by atoms with Gasteiger partial charge in [-0.15, -0.1) is 0 Å². The molecule has 2 aromatic carbocycles. The number of primary amides is 1. The second-order valence-corrected chi connectivity index (χ2v) is 7.24. The number of carbonyl (C=O) groups is 2. The number of amides is 2. The first-order valence-electron chi connectivity index (χ1n) is 9.82. The lowest BCUT2D eigenvalue weighted by atomic mass is 10.1. The Morgan fingerprint density at radius 2 is 1.87 bits per heavy atom. The Hall–Kier alpha value is -4.13. The van der Waals surface area contributed by atoms with Gasteiger partial charge in [0.15, 0.2) is 0 Å². The summed E-state index contributed by atoms with van der Waals surface area (Å²) in [7, 11) is 0. The quantitative estimate of drug-likeness (QED) is 0.485. The van der Waals surface area contributed by atoms with Gasteiger partial charge in [-0.25, -0.2) is 4.98 Å². The Balaban J connectivity index is 1.45. The van der Waals surface area contributed by atoms with Crippen LogP contribution < -0.4 is 15.8 Å². The van der Waals surface area contributed by atoms with Crippen LogP contribution in [0, 0.1) is 6.92 Å². The number of fused-ring (bicyclic) bond motifs is 1. The topological polar surface area (TPSA) is 98.7 Å². The molecule has 4 aromatic rings. The number of nitrogens with two attached hydrogens (primary N) is 1. The molecule has 0 aliphatic heterocycles. The van der Waals surface area contributed by atoms with E-state index in [4.69, 9.17) is 10.5 Å². The minimum Gasteiger partial charge on any atom is -0.487 e. The summed E-state index contributed by atoms with van der Waals surface area (Å²) < 4.78 is 7.78. The van der Waals surface area contributed by atoms with Crippen molar-refractivity contribution in [3.8, 4) is 5.75 Å². The van der Waals surface area contributed by atoms with Crippen LogP contribution in [0.2, 0.25) is 0 Å². The SMILES string of the molecule is Cc1ccc2nc(COc3cccc(C(=O)NC(C(N)=O)c4ccccc4)c3)cn2c1. The molecule has 7 heteroatoms. The summed E-state index contributed by atoms with van der Waals surface area (Å²) in [4.78, 5) is 29.1. The Morgan fingerprint density at radius 3 is 2.65 bits per heavy atom. The number of imidazole rings is 1. The molecule has 1 atom stereocenters. The van der Waals surface area contributed by atoms with E-state index in [9.17, 15) is 9.59 Å². The van der Waals surface area contributed by atoms with E-state index in [1.165, 1.54) is 0 Å². The van der Waals surface area contributed by atoms with Crippen LogP contribution in [0.1, 0.15) is 33.2 Å². The van der Waals surface area contributed by atoms with Crippen LogP contribution in [-0.2, 0) is 11.4 Å². The first-order valence-corrected chi connectivity index (χ1v) is 9.82. The molecule has 156 valence electrons. The Labute approximate surface area is 179 Å². The summed E-state index contributed by atoms with van der Waals surface area (Å²) in [6.45, 7) is 2.28. The van der Waals surface area contributed by atoms with Gasteiger partial charge in [0.25, 0.3) is 5.91 Å². The van der Waals surface area contributed by atoms with Crippen molar-refractivity contribution in [1.29, 1.82) is 0 Å². The van der Waals surface area contributed by atoms with Crippen LogP contribution in [0.4, 0.5) is 0 Å². The lowest BCUT2D eigenvalue weighted by Crippen LogP contribution is -2.37. The number of aryl methyl sites for hydroxylation is 1. The van der Waals surface area contributed by atoms with Crippen molar-refractivity contribution in [2.45, 2.75) is 19.6 Å². The minimum atomic E-state index is -0.917. The average molecular weight is 414 g/mol. The average Bonchev–Trinajstić information content (AvgIpc) is 3.18. The van der Waals surface area contributed by atoms with Crippen LogP contribution in [0.3, 0.4) is 0 Å². The zero-order valence-corrected chi connectivity index (χ0v) is 17.0. The second kappa shape index (κ2) is 8.71. The summed E-state index contributed by atoms with van der Waals surface area (Å²) in [6.07, 6.45) is 3.91. The third kappa shape index (κ3) is 4.72. The number of ether oxygens (including phenoxy) is 1. The van der Waals surface area contributed by atoms with Crippen LogP contribution in [0.15, 0.2) is 79.1 Å². The zero-order chi connectivity index (χ0) is 21.8. The number of hydrogen-bond acceptors (Lipinski definition) is 4. The highest BCUT2D eigenvalue weighted by atomic mass is 16.5. The smallest absolute Gasteiger partial charge is 0.252 e. The molecular formula is C24H22N4O3. The highest BCUT2D eigenvalue weighted by Gasteiger charge is 2.21. The molecule has 4 rings (SSSR count). The number of rotatable bonds is 7. The molecule has 0 aliphatic carbocycles. The van der Waals surface area contributed by atoms with Gasteiger partial charge >= 0.3 is 0 Å². The van der Waals surface area contributed by atoms with E-state index in [0.717, 1.165) is 16.9 Å². The molecule has 1 unspecified atom stereocenters. The molecule has 0 aliphatic rings. The number of hydrogen-bond donors (Lipinski definition) is 2. The fourth-order valence-electron chi connectivity index (χ4n) is 3.29. The van der Waals surface area contributed by atoms with E-state index < -0.39 is 17.9 Å². The third-order valence-electron chi connectivity index (χ3n) is 4.82. The van der Waals surface area contributed by atoms with Crippen molar-refractivity contribution in [2.75, 3.05) is 0 Å². The van der Waals surface area contributed by atoms with Crippen LogP contribution in [-0.4, -0.2) is 21.2 Å². The third-order valence-corrected chi connectivity index (χ3v) is 4.82. The molecule has 0 bridgehead atoms. The van der Waals surface area contributed by atoms with Crippen LogP contribution in [0.25, 0.3) is 5.65 Å². The van der Waals surface area contributed by atoms with Gasteiger partial charge in [-0.05, 0) is 42.3 Å².